The van der Waals surface area contributed by atoms with Crippen molar-refractivity contribution in [3.63, 3.8) is 0 Å². The number of rotatable bonds is 4. The molecule has 0 radical (unpaired) electrons. The van der Waals surface area contributed by atoms with E-state index in [0.29, 0.717) is 6.04 Å². The van der Waals surface area contributed by atoms with Crippen molar-refractivity contribution in [2.45, 2.75) is 32.4 Å². The van der Waals surface area contributed by atoms with Gasteiger partial charge in [0.1, 0.15) is 5.75 Å². The van der Waals surface area contributed by atoms with Crippen LogP contribution < -0.4 is 10.1 Å². The number of benzene rings is 2. The Kier molecular flexibility index (Phi) is 4.61. The highest BCUT2D eigenvalue weighted by Crippen LogP contribution is 2.34. The Bertz CT molecular complexity index is 626. The minimum absolute atomic E-state index is 0.358. The van der Waals surface area contributed by atoms with E-state index in [1.165, 1.54) is 16.7 Å². The van der Waals surface area contributed by atoms with Gasteiger partial charge in [-0.1, -0.05) is 47.1 Å². The monoisotopic (exact) mass is 345 g/mol. The van der Waals surface area contributed by atoms with Crippen LogP contribution in [0.25, 0.3) is 0 Å². The second-order valence-corrected chi connectivity index (χ2v) is 6.29. The molecule has 0 aliphatic carbocycles. The molecule has 1 heterocycles. The van der Waals surface area contributed by atoms with Crippen molar-refractivity contribution in [1.29, 1.82) is 0 Å². The first-order valence-electron chi connectivity index (χ1n) is 7.50. The molecule has 1 unspecified atom stereocenters. The van der Waals surface area contributed by atoms with Gasteiger partial charge in [-0.05, 0) is 35.7 Å². The molecule has 1 aliphatic heterocycles. The van der Waals surface area contributed by atoms with Gasteiger partial charge in [-0.2, -0.15) is 0 Å². The number of hydrogen-bond acceptors (Lipinski definition) is 2. The van der Waals surface area contributed by atoms with Gasteiger partial charge in [0.25, 0.3) is 0 Å². The Morgan fingerprint density at radius 3 is 2.81 bits per heavy atom. The normalized spacial score (nSPS) is 17.1. The Balaban J connectivity index is 1.76. The minimum atomic E-state index is 0.358. The van der Waals surface area contributed by atoms with Gasteiger partial charge in [0.05, 0.1) is 6.61 Å². The smallest absolute Gasteiger partial charge is 0.124 e. The second kappa shape index (κ2) is 6.63. The van der Waals surface area contributed by atoms with Crippen molar-refractivity contribution in [1.82, 2.24) is 5.32 Å². The molecule has 110 valence electrons. The topological polar surface area (TPSA) is 21.3 Å². The fourth-order valence-electron chi connectivity index (χ4n) is 2.89. The van der Waals surface area contributed by atoms with Crippen LogP contribution in [0.2, 0.25) is 0 Å². The summed E-state index contributed by atoms with van der Waals surface area (Å²) in [4.78, 5) is 0. The fraction of sp³-hybridized carbons (Fsp3) is 0.333. The predicted molar refractivity (Wildman–Crippen MR) is 89.7 cm³/mol. The van der Waals surface area contributed by atoms with Crippen molar-refractivity contribution in [2.24, 2.45) is 0 Å². The molecule has 0 spiro atoms. The van der Waals surface area contributed by atoms with Gasteiger partial charge in [-0.25, -0.2) is 0 Å². The van der Waals surface area contributed by atoms with Crippen LogP contribution in [-0.2, 0) is 13.0 Å². The third-order valence-corrected chi connectivity index (χ3v) is 4.54. The third-order valence-electron chi connectivity index (χ3n) is 4.05. The Morgan fingerprint density at radius 1 is 1.19 bits per heavy atom. The SMILES string of the molecule is CCc1ccccc1CNC1CCOc2ccc(Br)cc21. The van der Waals surface area contributed by atoms with Crippen molar-refractivity contribution < 1.29 is 4.74 Å². The molecule has 2 nitrogen and oxygen atoms in total. The van der Waals surface area contributed by atoms with Crippen LogP contribution in [0.4, 0.5) is 0 Å². The molecule has 2 aromatic rings. The highest BCUT2D eigenvalue weighted by Gasteiger charge is 2.21. The van der Waals surface area contributed by atoms with Gasteiger partial charge < -0.3 is 10.1 Å². The van der Waals surface area contributed by atoms with Crippen LogP contribution in [0, 0.1) is 0 Å². The lowest BCUT2D eigenvalue weighted by Gasteiger charge is -2.27. The quantitative estimate of drug-likeness (QED) is 0.872. The van der Waals surface area contributed by atoms with Crippen LogP contribution in [0.3, 0.4) is 0 Å². The third kappa shape index (κ3) is 3.30. The van der Waals surface area contributed by atoms with E-state index in [2.05, 4.69) is 58.5 Å². The Hall–Kier alpha value is -1.32. The molecule has 0 saturated heterocycles. The van der Waals surface area contributed by atoms with Gasteiger partial charge in [0.2, 0.25) is 0 Å². The van der Waals surface area contributed by atoms with E-state index in [-0.39, 0.29) is 0 Å². The van der Waals surface area contributed by atoms with Crippen LogP contribution in [0.15, 0.2) is 46.9 Å². The molecule has 0 amide bonds. The maximum Gasteiger partial charge on any atom is 0.124 e. The molecular weight excluding hydrogens is 326 g/mol. The second-order valence-electron chi connectivity index (χ2n) is 5.38. The molecule has 0 fully saturated rings. The van der Waals surface area contributed by atoms with Crippen molar-refractivity contribution in [3.05, 3.63) is 63.6 Å². The number of fused-ring (bicyclic) bond motifs is 1. The largest absolute Gasteiger partial charge is 0.493 e. The van der Waals surface area contributed by atoms with Crippen molar-refractivity contribution >= 4 is 15.9 Å². The average Bonchev–Trinajstić information content (AvgIpc) is 2.53. The number of hydrogen-bond donors (Lipinski definition) is 1. The molecule has 0 bridgehead atoms. The maximum atomic E-state index is 5.74. The van der Waals surface area contributed by atoms with E-state index < -0.39 is 0 Å². The van der Waals surface area contributed by atoms with E-state index in [9.17, 15) is 0 Å². The molecular formula is C18H20BrNO. The van der Waals surface area contributed by atoms with E-state index in [1.54, 1.807) is 0 Å². The summed E-state index contributed by atoms with van der Waals surface area (Å²) in [6.07, 6.45) is 2.09. The summed E-state index contributed by atoms with van der Waals surface area (Å²) in [6.45, 7) is 3.89. The molecule has 1 atom stereocenters. The molecule has 1 N–H and O–H groups in total. The van der Waals surface area contributed by atoms with Crippen molar-refractivity contribution in [3.8, 4) is 5.75 Å². The maximum absolute atomic E-state index is 5.74. The molecule has 0 aromatic heterocycles. The zero-order valence-corrected chi connectivity index (χ0v) is 13.8. The van der Waals surface area contributed by atoms with Crippen LogP contribution in [-0.4, -0.2) is 6.61 Å². The summed E-state index contributed by atoms with van der Waals surface area (Å²) in [5, 5.41) is 3.70. The van der Waals surface area contributed by atoms with E-state index >= 15 is 0 Å². The van der Waals surface area contributed by atoms with E-state index in [0.717, 1.165) is 36.2 Å². The standard InChI is InChI=1S/C18H20BrNO/c1-2-13-5-3-4-6-14(13)12-20-17-9-10-21-18-8-7-15(19)11-16(17)18/h3-8,11,17,20H,2,9-10,12H2,1H3. The minimum Gasteiger partial charge on any atom is -0.493 e. The Morgan fingerprint density at radius 2 is 2.00 bits per heavy atom. The highest BCUT2D eigenvalue weighted by molar-refractivity contribution is 9.10. The van der Waals surface area contributed by atoms with Crippen molar-refractivity contribution in [2.75, 3.05) is 6.61 Å². The molecule has 3 heteroatoms. The van der Waals surface area contributed by atoms with Gasteiger partial charge in [-0.15, -0.1) is 0 Å². The van der Waals surface area contributed by atoms with Gasteiger partial charge in [-0.3, -0.25) is 0 Å². The number of ether oxygens (including phenoxy) is 1. The molecule has 3 rings (SSSR count). The summed E-state index contributed by atoms with van der Waals surface area (Å²) >= 11 is 3.55. The fourth-order valence-corrected chi connectivity index (χ4v) is 3.26. The Labute approximate surface area is 134 Å². The molecule has 0 saturated carbocycles. The summed E-state index contributed by atoms with van der Waals surface area (Å²) in [7, 11) is 0. The first-order valence-corrected chi connectivity index (χ1v) is 8.29. The van der Waals surface area contributed by atoms with E-state index in [1.807, 2.05) is 12.1 Å². The summed E-state index contributed by atoms with van der Waals surface area (Å²) in [5.41, 5.74) is 4.07. The summed E-state index contributed by atoms with van der Waals surface area (Å²) < 4.78 is 6.85. The van der Waals surface area contributed by atoms with Gasteiger partial charge in [0.15, 0.2) is 0 Å². The molecule has 21 heavy (non-hydrogen) atoms. The zero-order chi connectivity index (χ0) is 14.7. The average molecular weight is 346 g/mol. The number of halogens is 1. The lowest BCUT2D eigenvalue weighted by molar-refractivity contribution is 0.252. The van der Waals surface area contributed by atoms with Gasteiger partial charge >= 0.3 is 0 Å². The first-order chi connectivity index (χ1) is 10.3. The van der Waals surface area contributed by atoms with Crippen LogP contribution >= 0.6 is 15.9 Å². The first kappa shape index (κ1) is 14.6. The predicted octanol–water partition coefficient (Wildman–Crippen LogP) is 4.62. The summed E-state index contributed by atoms with van der Waals surface area (Å²) in [6, 6.07) is 15.3. The molecule has 1 aliphatic rings. The summed E-state index contributed by atoms with van der Waals surface area (Å²) in [5.74, 6) is 1.01. The highest BCUT2D eigenvalue weighted by atomic mass is 79.9. The zero-order valence-electron chi connectivity index (χ0n) is 12.2. The van der Waals surface area contributed by atoms with Crippen LogP contribution in [0.5, 0.6) is 5.75 Å². The number of aryl methyl sites for hydroxylation is 1. The lowest BCUT2D eigenvalue weighted by atomic mass is 9.99. The van der Waals surface area contributed by atoms with E-state index in [4.69, 9.17) is 4.74 Å². The van der Waals surface area contributed by atoms with Gasteiger partial charge in [0, 0.05) is 29.0 Å². The molecule has 2 aromatic carbocycles. The lowest BCUT2D eigenvalue weighted by Crippen LogP contribution is -2.27. The number of nitrogens with one attached hydrogen (secondary N) is 1. The van der Waals surface area contributed by atoms with Crippen LogP contribution in [0.1, 0.15) is 36.1 Å².